The molecule has 0 saturated heterocycles. The molecule has 0 unspecified atom stereocenters. The molecular weight excluding hydrogens is 192 g/mol. The average molecular weight is 212 g/mol. The number of hydrogen-bond donors (Lipinski definition) is 0. The molecule has 1 saturated carbocycles. The Labute approximate surface area is 91.4 Å². The van der Waals surface area contributed by atoms with Gasteiger partial charge in [-0.25, -0.2) is 4.79 Å². The zero-order valence-electron chi connectivity index (χ0n) is 9.62. The Morgan fingerprint density at radius 2 is 2.20 bits per heavy atom. The van der Waals surface area contributed by atoms with Gasteiger partial charge in [-0.15, -0.1) is 0 Å². The summed E-state index contributed by atoms with van der Waals surface area (Å²) in [6.45, 7) is 5.25. The van der Waals surface area contributed by atoms with Crippen LogP contribution < -0.4 is 0 Å². The smallest absolute Gasteiger partial charge is 0.330 e. The average Bonchev–Trinajstić information content (AvgIpc) is 2.14. The second kappa shape index (κ2) is 6.62. The highest BCUT2D eigenvalue weighted by Gasteiger charge is 2.24. The van der Waals surface area contributed by atoms with E-state index < -0.39 is 0 Å². The summed E-state index contributed by atoms with van der Waals surface area (Å²) in [5, 5.41) is 0. The standard InChI is InChI=1S/C12H20O3/c1-3-5-6-15-11-7-10(8-11)9-12(13)14-4-2/h9,11H,3-8H2,1-2H3. The molecule has 0 N–H and O–H groups in total. The molecule has 3 heteroatoms. The topological polar surface area (TPSA) is 35.5 Å². The van der Waals surface area contributed by atoms with E-state index >= 15 is 0 Å². The van der Waals surface area contributed by atoms with Gasteiger partial charge in [-0.1, -0.05) is 18.9 Å². The van der Waals surface area contributed by atoms with Crippen LogP contribution in [0, 0.1) is 0 Å². The van der Waals surface area contributed by atoms with Gasteiger partial charge in [0, 0.05) is 12.7 Å². The molecule has 1 fully saturated rings. The van der Waals surface area contributed by atoms with Crippen LogP contribution in [0.1, 0.15) is 39.5 Å². The van der Waals surface area contributed by atoms with Gasteiger partial charge in [0.2, 0.25) is 0 Å². The van der Waals surface area contributed by atoms with Crippen molar-refractivity contribution in [3.05, 3.63) is 11.6 Å². The SMILES string of the molecule is CCCCOC1CC(=CC(=O)OCC)C1. The van der Waals surface area contributed by atoms with E-state index in [9.17, 15) is 4.79 Å². The quantitative estimate of drug-likeness (QED) is 0.385. The van der Waals surface area contributed by atoms with Crippen molar-refractivity contribution in [2.24, 2.45) is 0 Å². The lowest BCUT2D eigenvalue weighted by molar-refractivity contribution is -0.137. The molecule has 0 aliphatic heterocycles. The second-order valence-corrected chi connectivity index (χ2v) is 3.81. The first-order chi connectivity index (χ1) is 7.26. The molecular formula is C12H20O3. The molecule has 15 heavy (non-hydrogen) atoms. The largest absolute Gasteiger partial charge is 0.463 e. The van der Waals surface area contributed by atoms with Crippen LogP contribution in [0.15, 0.2) is 11.6 Å². The molecule has 1 aliphatic carbocycles. The molecule has 0 heterocycles. The highest BCUT2D eigenvalue weighted by Crippen LogP contribution is 2.29. The summed E-state index contributed by atoms with van der Waals surface area (Å²) in [6.07, 6.45) is 6.00. The van der Waals surface area contributed by atoms with Gasteiger partial charge in [0.05, 0.1) is 12.7 Å². The lowest BCUT2D eigenvalue weighted by atomic mass is 9.88. The van der Waals surface area contributed by atoms with Crippen molar-refractivity contribution >= 4 is 5.97 Å². The molecule has 0 aromatic carbocycles. The summed E-state index contributed by atoms with van der Waals surface area (Å²) in [5.74, 6) is -0.223. The summed E-state index contributed by atoms with van der Waals surface area (Å²) in [5.41, 5.74) is 1.15. The van der Waals surface area contributed by atoms with Crippen LogP contribution in [0.2, 0.25) is 0 Å². The van der Waals surface area contributed by atoms with Crippen molar-refractivity contribution in [1.82, 2.24) is 0 Å². The van der Waals surface area contributed by atoms with Crippen LogP contribution in [-0.2, 0) is 14.3 Å². The maximum Gasteiger partial charge on any atom is 0.330 e. The van der Waals surface area contributed by atoms with Gasteiger partial charge in [0.15, 0.2) is 0 Å². The fourth-order valence-corrected chi connectivity index (χ4v) is 1.51. The van der Waals surface area contributed by atoms with Crippen LogP contribution in [0.3, 0.4) is 0 Å². The molecule has 0 atom stereocenters. The van der Waals surface area contributed by atoms with Crippen molar-refractivity contribution in [2.45, 2.75) is 45.6 Å². The maximum atomic E-state index is 11.1. The Hall–Kier alpha value is -0.830. The molecule has 0 radical (unpaired) electrons. The third-order valence-corrected chi connectivity index (χ3v) is 2.44. The first-order valence-electron chi connectivity index (χ1n) is 5.74. The number of esters is 1. The highest BCUT2D eigenvalue weighted by atomic mass is 16.5. The minimum Gasteiger partial charge on any atom is -0.463 e. The second-order valence-electron chi connectivity index (χ2n) is 3.81. The van der Waals surface area contributed by atoms with E-state index in [1.165, 1.54) is 0 Å². The zero-order chi connectivity index (χ0) is 11.1. The van der Waals surface area contributed by atoms with E-state index in [0.29, 0.717) is 12.7 Å². The molecule has 0 aromatic rings. The van der Waals surface area contributed by atoms with Gasteiger partial charge in [-0.05, 0) is 26.2 Å². The van der Waals surface area contributed by atoms with E-state index in [0.717, 1.165) is 37.9 Å². The summed E-state index contributed by atoms with van der Waals surface area (Å²) >= 11 is 0. The van der Waals surface area contributed by atoms with Crippen molar-refractivity contribution in [1.29, 1.82) is 0 Å². The van der Waals surface area contributed by atoms with E-state index in [-0.39, 0.29) is 5.97 Å². The number of rotatable bonds is 6. The van der Waals surface area contributed by atoms with Gasteiger partial charge >= 0.3 is 5.97 Å². The molecule has 0 bridgehead atoms. The van der Waals surface area contributed by atoms with E-state index in [1.54, 1.807) is 6.08 Å². The zero-order valence-corrected chi connectivity index (χ0v) is 9.62. The van der Waals surface area contributed by atoms with Crippen molar-refractivity contribution in [2.75, 3.05) is 13.2 Å². The number of hydrogen-bond acceptors (Lipinski definition) is 3. The normalized spacial score (nSPS) is 19.6. The summed E-state index contributed by atoms with van der Waals surface area (Å²) < 4.78 is 10.4. The minimum atomic E-state index is -0.223. The molecule has 0 spiro atoms. The van der Waals surface area contributed by atoms with Crippen LogP contribution in [0.5, 0.6) is 0 Å². The Bertz CT molecular complexity index is 225. The molecule has 0 aromatic heterocycles. The van der Waals surface area contributed by atoms with Gasteiger partial charge in [0.1, 0.15) is 0 Å². The number of carbonyl (C=O) groups excluding carboxylic acids is 1. The van der Waals surface area contributed by atoms with Crippen LogP contribution in [0.4, 0.5) is 0 Å². The predicted octanol–water partition coefficient (Wildman–Crippen LogP) is 2.46. The Balaban J connectivity index is 2.11. The lowest BCUT2D eigenvalue weighted by Crippen LogP contribution is -2.25. The maximum absolute atomic E-state index is 11.1. The van der Waals surface area contributed by atoms with Crippen LogP contribution in [-0.4, -0.2) is 25.3 Å². The molecule has 0 amide bonds. The number of carbonyl (C=O) groups is 1. The van der Waals surface area contributed by atoms with E-state index in [4.69, 9.17) is 9.47 Å². The lowest BCUT2D eigenvalue weighted by Gasteiger charge is -2.29. The predicted molar refractivity (Wildman–Crippen MR) is 58.6 cm³/mol. The molecule has 86 valence electrons. The van der Waals surface area contributed by atoms with E-state index in [1.807, 2.05) is 6.92 Å². The van der Waals surface area contributed by atoms with Gasteiger partial charge in [0.25, 0.3) is 0 Å². The van der Waals surface area contributed by atoms with E-state index in [2.05, 4.69) is 6.92 Å². The Morgan fingerprint density at radius 3 is 2.80 bits per heavy atom. The van der Waals surface area contributed by atoms with Crippen molar-refractivity contribution < 1.29 is 14.3 Å². The Kier molecular flexibility index (Phi) is 5.40. The molecule has 1 aliphatic rings. The summed E-state index contributed by atoms with van der Waals surface area (Å²) in [6, 6.07) is 0. The number of ether oxygens (including phenoxy) is 2. The van der Waals surface area contributed by atoms with Gasteiger partial charge in [-0.3, -0.25) is 0 Å². The monoisotopic (exact) mass is 212 g/mol. The summed E-state index contributed by atoms with van der Waals surface area (Å²) in [4.78, 5) is 11.1. The minimum absolute atomic E-state index is 0.223. The first-order valence-corrected chi connectivity index (χ1v) is 5.74. The molecule has 3 nitrogen and oxygen atoms in total. The summed E-state index contributed by atoms with van der Waals surface area (Å²) in [7, 11) is 0. The third-order valence-electron chi connectivity index (χ3n) is 2.44. The van der Waals surface area contributed by atoms with Crippen LogP contribution >= 0.6 is 0 Å². The fraction of sp³-hybridized carbons (Fsp3) is 0.750. The Morgan fingerprint density at radius 1 is 1.47 bits per heavy atom. The van der Waals surface area contributed by atoms with Crippen LogP contribution in [0.25, 0.3) is 0 Å². The van der Waals surface area contributed by atoms with Gasteiger partial charge in [-0.2, -0.15) is 0 Å². The first kappa shape index (κ1) is 12.2. The van der Waals surface area contributed by atoms with Gasteiger partial charge < -0.3 is 9.47 Å². The van der Waals surface area contributed by atoms with Crippen molar-refractivity contribution in [3.8, 4) is 0 Å². The van der Waals surface area contributed by atoms with Crippen molar-refractivity contribution in [3.63, 3.8) is 0 Å². The molecule has 1 rings (SSSR count). The fourth-order valence-electron chi connectivity index (χ4n) is 1.51. The highest BCUT2D eigenvalue weighted by molar-refractivity contribution is 5.83. The number of unbranched alkanes of at least 4 members (excludes halogenated alkanes) is 1. The third kappa shape index (κ3) is 4.47.